The number of ether oxygens (including phenoxy) is 1. The Morgan fingerprint density at radius 3 is 2.92 bits per heavy atom. The predicted molar refractivity (Wildman–Crippen MR) is 138 cm³/mol. The van der Waals surface area contributed by atoms with Gasteiger partial charge in [0.25, 0.3) is 5.91 Å². The number of pyridine rings is 1. The number of hydrogen-bond donors (Lipinski definition) is 1. The van der Waals surface area contributed by atoms with Gasteiger partial charge in [-0.05, 0) is 50.3 Å². The molecule has 4 heterocycles. The van der Waals surface area contributed by atoms with Gasteiger partial charge in [-0.15, -0.1) is 0 Å². The molecular formula is C28H28F2N6O2. The highest BCUT2D eigenvalue weighted by molar-refractivity contribution is 6.04. The first-order valence-electron chi connectivity index (χ1n) is 13.0. The number of rotatable bonds is 9. The van der Waals surface area contributed by atoms with Gasteiger partial charge in [0.2, 0.25) is 0 Å². The Hall–Kier alpha value is -4.08. The number of carbonyl (C=O) groups is 1. The number of anilines is 1. The zero-order valence-electron chi connectivity index (χ0n) is 20.9. The summed E-state index contributed by atoms with van der Waals surface area (Å²) in [4.78, 5) is 26.8. The first kappa shape index (κ1) is 24.3. The fourth-order valence-corrected chi connectivity index (χ4v) is 4.78. The molecule has 196 valence electrons. The van der Waals surface area contributed by atoms with Crippen LogP contribution in [-0.4, -0.2) is 43.3 Å². The van der Waals surface area contributed by atoms with Crippen molar-refractivity contribution in [2.24, 2.45) is 0 Å². The molecule has 0 bridgehead atoms. The average molecular weight is 519 g/mol. The fourth-order valence-electron chi connectivity index (χ4n) is 4.78. The average Bonchev–Trinajstić information content (AvgIpc) is 3.50. The maximum absolute atomic E-state index is 15.2. The van der Waals surface area contributed by atoms with Gasteiger partial charge in [-0.1, -0.05) is 6.07 Å². The number of imidazole rings is 2. The number of carbonyl (C=O) groups excluding carboxylic acids is 1. The highest BCUT2D eigenvalue weighted by Crippen LogP contribution is 2.39. The Morgan fingerprint density at radius 1 is 1.18 bits per heavy atom. The SMILES string of the molecule is O=C(Nc1cccc(-c2ncc3n2CCCC3)n1)c1cc(-n2cnc(C3CC3)c2)c(OCCCF)cc1F. The molecule has 1 amide bonds. The molecule has 2 aliphatic rings. The minimum Gasteiger partial charge on any atom is -0.491 e. The van der Waals surface area contributed by atoms with Gasteiger partial charge in [0.1, 0.15) is 23.1 Å². The van der Waals surface area contributed by atoms with Gasteiger partial charge in [-0.3, -0.25) is 9.18 Å². The van der Waals surface area contributed by atoms with Crippen molar-refractivity contribution in [1.29, 1.82) is 0 Å². The molecule has 0 atom stereocenters. The minimum absolute atomic E-state index is 0.0901. The number of aryl methyl sites for hydroxylation is 1. The van der Waals surface area contributed by atoms with E-state index in [0.717, 1.165) is 50.2 Å². The summed E-state index contributed by atoms with van der Waals surface area (Å²) in [6.45, 7) is 0.434. The lowest BCUT2D eigenvalue weighted by atomic mass is 10.1. The molecule has 1 aliphatic carbocycles. The summed E-state index contributed by atoms with van der Waals surface area (Å²) in [6.07, 6.45) is 10.9. The quantitative estimate of drug-likeness (QED) is 0.297. The van der Waals surface area contributed by atoms with E-state index in [1.807, 2.05) is 18.5 Å². The summed E-state index contributed by atoms with van der Waals surface area (Å²) in [5.41, 5.74) is 3.05. The van der Waals surface area contributed by atoms with Crippen LogP contribution in [0.3, 0.4) is 0 Å². The number of amides is 1. The first-order valence-corrected chi connectivity index (χ1v) is 13.0. The normalized spacial score (nSPS) is 14.8. The molecule has 0 spiro atoms. The summed E-state index contributed by atoms with van der Waals surface area (Å²) >= 11 is 0. The van der Waals surface area contributed by atoms with Crippen LogP contribution in [0.4, 0.5) is 14.6 Å². The number of benzene rings is 1. The molecule has 1 aliphatic heterocycles. The van der Waals surface area contributed by atoms with Gasteiger partial charge in [0.15, 0.2) is 5.82 Å². The lowest BCUT2D eigenvalue weighted by Crippen LogP contribution is -2.16. The van der Waals surface area contributed by atoms with Crippen LogP contribution < -0.4 is 10.1 Å². The topological polar surface area (TPSA) is 86.9 Å². The Labute approximate surface area is 218 Å². The summed E-state index contributed by atoms with van der Waals surface area (Å²) < 4.78 is 37.4. The molecule has 1 N–H and O–H groups in total. The molecule has 1 saturated carbocycles. The summed E-state index contributed by atoms with van der Waals surface area (Å²) in [7, 11) is 0. The Balaban J connectivity index is 1.28. The van der Waals surface area contributed by atoms with E-state index < -0.39 is 18.4 Å². The van der Waals surface area contributed by atoms with Crippen LogP contribution in [0.1, 0.15) is 59.8 Å². The first-order chi connectivity index (χ1) is 18.6. The second-order valence-electron chi connectivity index (χ2n) is 9.71. The molecule has 0 radical (unpaired) electrons. The third kappa shape index (κ3) is 4.90. The zero-order valence-corrected chi connectivity index (χ0v) is 20.9. The number of alkyl halides is 1. The van der Waals surface area contributed by atoms with E-state index in [9.17, 15) is 9.18 Å². The number of nitrogens with zero attached hydrogens (tertiary/aromatic N) is 5. The number of fused-ring (bicyclic) bond motifs is 1. The molecule has 6 rings (SSSR count). The van der Waals surface area contributed by atoms with Gasteiger partial charge in [-0.25, -0.2) is 19.3 Å². The number of hydrogen-bond acceptors (Lipinski definition) is 5. The molecule has 4 aromatic rings. The standard InChI is InChI=1S/C28H28F2N6O2/c29-10-4-12-38-25-14-21(30)20(13-24(25)35-16-23(32-17-35)18-8-9-18)28(37)34-26-7-3-6-22(33-26)27-31-15-19-5-1-2-11-36(19)27/h3,6-7,13-18H,1-2,4-5,8-12H2,(H,33,34,37). The van der Waals surface area contributed by atoms with E-state index in [1.165, 1.54) is 17.8 Å². The van der Waals surface area contributed by atoms with Crippen molar-refractivity contribution in [1.82, 2.24) is 24.1 Å². The largest absolute Gasteiger partial charge is 0.491 e. The van der Waals surface area contributed by atoms with Crippen molar-refractivity contribution in [2.45, 2.75) is 51.0 Å². The number of halogens is 2. The molecule has 0 saturated heterocycles. The second kappa shape index (κ2) is 10.4. The van der Waals surface area contributed by atoms with Gasteiger partial charge < -0.3 is 19.2 Å². The van der Waals surface area contributed by atoms with E-state index in [4.69, 9.17) is 4.74 Å². The fraction of sp³-hybridized carbons (Fsp3) is 0.357. The van der Waals surface area contributed by atoms with E-state index in [-0.39, 0.29) is 24.3 Å². The predicted octanol–water partition coefficient (Wildman–Crippen LogP) is 5.47. The number of nitrogens with one attached hydrogen (secondary N) is 1. The van der Waals surface area contributed by atoms with Gasteiger partial charge >= 0.3 is 0 Å². The lowest BCUT2D eigenvalue weighted by molar-refractivity contribution is 0.102. The van der Waals surface area contributed by atoms with Crippen LogP contribution in [0.25, 0.3) is 17.2 Å². The molecule has 0 unspecified atom stereocenters. The minimum atomic E-state index is -0.748. The van der Waals surface area contributed by atoms with Crippen LogP contribution in [-0.2, 0) is 13.0 Å². The monoisotopic (exact) mass is 518 g/mol. The lowest BCUT2D eigenvalue weighted by Gasteiger charge is -2.16. The molecule has 8 nitrogen and oxygen atoms in total. The van der Waals surface area contributed by atoms with Crippen LogP contribution in [0, 0.1) is 5.82 Å². The second-order valence-corrected chi connectivity index (χ2v) is 9.71. The Kier molecular flexibility index (Phi) is 6.61. The van der Waals surface area contributed by atoms with E-state index in [2.05, 4.69) is 24.8 Å². The van der Waals surface area contributed by atoms with E-state index in [0.29, 0.717) is 23.1 Å². The van der Waals surface area contributed by atoms with Crippen molar-refractivity contribution in [2.75, 3.05) is 18.6 Å². The van der Waals surface area contributed by atoms with Crippen LogP contribution in [0.5, 0.6) is 5.75 Å². The maximum atomic E-state index is 15.2. The Bertz CT molecular complexity index is 1480. The number of aromatic nitrogens is 5. The van der Waals surface area contributed by atoms with Crippen molar-refractivity contribution in [3.8, 4) is 23.0 Å². The highest BCUT2D eigenvalue weighted by atomic mass is 19.1. The van der Waals surface area contributed by atoms with Crippen LogP contribution in [0.2, 0.25) is 0 Å². The van der Waals surface area contributed by atoms with Crippen molar-refractivity contribution >= 4 is 11.7 Å². The van der Waals surface area contributed by atoms with Gasteiger partial charge in [0.05, 0.1) is 36.6 Å². The van der Waals surface area contributed by atoms with Crippen molar-refractivity contribution in [3.05, 3.63) is 71.8 Å². The molecule has 3 aromatic heterocycles. The van der Waals surface area contributed by atoms with Crippen molar-refractivity contribution in [3.63, 3.8) is 0 Å². The smallest absolute Gasteiger partial charge is 0.259 e. The molecule has 1 fully saturated rings. The molecule has 38 heavy (non-hydrogen) atoms. The molecule has 10 heteroatoms. The van der Waals surface area contributed by atoms with Crippen LogP contribution >= 0.6 is 0 Å². The van der Waals surface area contributed by atoms with E-state index in [1.54, 1.807) is 23.0 Å². The third-order valence-electron chi connectivity index (χ3n) is 6.93. The van der Waals surface area contributed by atoms with Gasteiger partial charge in [-0.2, -0.15) is 0 Å². The van der Waals surface area contributed by atoms with Gasteiger partial charge in [0, 0.05) is 43.0 Å². The maximum Gasteiger partial charge on any atom is 0.259 e. The third-order valence-corrected chi connectivity index (χ3v) is 6.93. The molecular weight excluding hydrogens is 490 g/mol. The summed E-state index contributed by atoms with van der Waals surface area (Å²) in [5, 5.41) is 2.72. The van der Waals surface area contributed by atoms with Crippen LogP contribution in [0.15, 0.2) is 49.1 Å². The highest BCUT2D eigenvalue weighted by Gasteiger charge is 2.27. The van der Waals surface area contributed by atoms with Crippen molar-refractivity contribution < 1.29 is 18.3 Å². The summed E-state index contributed by atoms with van der Waals surface area (Å²) in [5.74, 6) is 0.305. The Morgan fingerprint density at radius 2 is 2.08 bits per heavy atom. The zero-order chi connectivity index (χ0) is 26.1. The van der Waals surface area contributed by atoms with E-state index >= 15 is 4.39 Å². The summed E-state index contributed by atoms with van der Waals surface area (Å²) in [6, 6.07) is 7.89. The molecule has 1 aromatic carbocycles.